The molecule has 2 aromatic rings. The summed E-state index contributed by atoms with van der Waals surface area (Å²) >= 11 is 0. The molecule has 0 saturated heterocycles. The summed E-state index contributed by atoms with van der Waals surface area (Å²) in [5.41, 5.74) is 2.22. The van der Waals surface area contributed by atoms with Gasteiger partial charge in [0.15, 0.2) is 0 Å². The van der Waals surface area contributed by atoms with Crippen molar-refractivity contribution in [2.24, 2.45) is 11.8 Å². The van der Waals surface area contributed by atoms with Crippen molar-refractivity contribution in [3.8, 4) is 0 Å². The second-order valence-electron chi connectivity index (χ2n) is 7.22. The average Bonchev–Trinajstić information content (AvgIpc) is 2.69. The molecule has 3 N–H and O–H groups in total. The smallest absolute Gasteiger partial charge is 0.252 e. The average molecular weight is 367 g/mol. The summed E-state index contributed by atoms with van der Waals surface area (Å²) in [6.45, 7) is 2.60. The minimum atomic E-state index is -0.228. The van der Waals surface area contributed by atoms with Crippen LogP contribution in [0.15, 0.2) is 47.4 Å². The van der Waals surface area contributed by atoms with Crippen molar-refractivity contribution in [2.45, 2.75) is 32.6 Å². The number of rotatable bonds is 5. The predicted octanol–water partition coefficient (Wildman–Crippen LogP) is 2.86. The number of H-pyrrole nitrogens is 1. The predicted molar refractivity (Wildman–Crippen MR) is 105 cm³/mol. The van der Waals surface area contributed by atoms with Gasteiger partial charge in [-0.3, -0.25) is 14.4 Å². The highest BCUT2D eigenvalue weighted by molar-refractivity contribution is 5.94. The van der Waals surface area contributed by atoms with Gasteiger partial charge >= 0.3 is 0 Å². The molecule has 142 valence electrons. The van der Waals surface area contributed by atoms with Crippen LogP contribution in [0, 0.1) is 18.8 Å². The van der Waals surface area contributed by atoms with E-state index in [1.807, 2.05) is 31.2 Å². The van der Waals surface area contributed by atoms with Crippen molar-refractivity contribution in [1.82, 2.24) is 10.3 Å². The molecule has 0 atom stereocenters. The zero-order valence-electron chi connectivity index (χ0n) is 15.5. The third-order valence-corrected chi connectivity index (χ3v) is 5.13. The lowest BCUT2D eigenvalue weighted by Crippen LogP contribution is -2.33. The van der Waals surface area contributed by atoms with E-state index in [-0.39, 0.29) is 23.3 Å². The van der Waals surface area contributed by atoms with Gasteiger partial charge in [0.05, 0.1) is 5.56 Å². The van der Waals surface area contributed by atoms with E-state index < -0.39 is 0 Å². The quantitative estimate of drug-likeness (QED) is 0.759. The number of aryl methyl sites for hydroxylation is 1. The van der Waals surface area contributed by atoms with Crippen LogP contribution in [0.5, 0.6) is 0 Å². The first kappa shape index (κ1) is 18.9. The SMILES string of the molecule is Cc1ccc(NC(=O)C2CCC(CNC(=O)c3ccc(=O)[nH]c3)CC2)cc1. The number of hydrogen-bond acceptors (Lipinski definition) is 3. The minimum Gasteiger partial charge on any atom is -0.352 e. The maximum absolute atomic E-state index is 12.4. The van der Waals surface area contributed by atoms with Gasteiger partial charge in [0.1, 0.15) is 0 Å². The van der Waals surface area contributed by atoms with Gasteiger partial charge in [-0.2, -0.15) is 0 Å². The minimum absolute atomic E-state index is 0.0254. The number of carbonyl (C=O) groups is 2. The van der Waals surface area contributed by atoms with Gasteiger partial charge in [-0.25, -0.2) is 0 Å². The highest BCUT2D eigenvalue weighted by Crippen LogP contribution is 2.29. The van der Waals surface area contributed by atoms with Crippen LogP contribution < -0.4 is 16.2 Å². The van der Waals surface area contributed by atoms with Gasteiger partial charge < -0.3 is 15.6 Å². The third kappa shape index (κ3) is 5.29. The zero-order chi connectivity index (χ0) is 19.2. The first-order chi connectivity index (χ1) is 13.0. The zero-order valence-corrected chi connectivity index (χ0v) is 15.5. The molecular formula is C21H25N3O3. The van der Waals surface area contributed by atoms with Gasteiger partial charge in [-0.05, 0) is 56.7 Å². The van der Waals surface area contributed by atoms with Crippen LogP contribution in [0.4, 0.5) is 5.69 Å². The Morgan fingerprint density at radius 2 is 1.74 bits per heavy atom. The van der Waals surface area contributed by atoms with Crippen molar-refractivity contribution in [1.29, 1.82) is 0 Å². The molecule has 1 aromatic heterocycles. The number of anilines is 1. The lowest BCUT2D eigenvalue weighted by Gasteiger charge is -2.28. The first-order valence-corrected chi connectivity index (χ1v) is 9.36. The topological polar surface area (TPSA) is 91.1 Å². The summed E-state index contributed by atoms with van der Waals surface area (Å²) < 4.78 is 0. The summed E-state index contributed by atoms with van der Waals surface area (Å²) in [5.74, 6) is 0.289. The van der Waals surface area contributed by atoms with Gasteiger partial charge in [0.25, 0.3) is 5.91 Å². The maximum atomic E-state index is 12.4. The highest BCUT2D eigenvalue weighted by Gasteiger charge is 2.26. The maximum Gasteiger partial charge on any atom is 0.252 e. The van der Waals surface area contributed by atoms with Crippen LogP contribution in [-0.4, -0.2) is 23.3 Å². The fourth-order valence-electron chi connectivity index (χ4n) is 3.40. The molecule has 1 aliphatic rings. The number of amides is 2. The Bertz CT molecular complexity index is 829. The molecular weight excluding hydrogens is 342 g/mol. The largest absolute Gasteiger partial charge is 0.352 e. The summed E-state index contributed by atoms with van der Waals surface area (Å²) in [5, 5.41) is 5.91. The van der Waals surface area contributed by atoms with E-state index in [0.717, 1.165) is 36.9 Å². The fourth-order valence-corrected chi connectivity index (χ4v) is 3.40. The van der Waals surface area contributed by atoms with Crippen LogP contribution in [0.3, 0.4) is 0 Å². The molecule has 1 heterocycles. The Labute approximate surface area is 158 Å². The van der Waals surface area contributed by atoms with Gasteiger partial charge in [-0.1, -0.05) is 17.7 Å². The van der Waals surface area contributed by atoms with Crippen LogP contribution >= 0.6 is 0 Å². The van der Waals surface area contributed by atoms with Gasteiger partial charge in [0, 0.05) is 30.4 Å². The molecule has 1 fully saturated rings. The number of aromatic nitrogens is 1. The molecule has 0 spiro atoms. The molecule has 1 saturated carbocycles. The van der Waals surface area contributed by atoms with E-state index in [1.165, 1.54) is 18.3 Å². The number of pyridine rings is 1. The fraction of sp³-hybridized carbons (Fsp3) is 0.381. The third-order valence-electron chi connectivity index (χ3n) is 5.13. The summed E-state index contributed by atoms with van der Waals surface area (Å²) in [4.78, 5) is 38.1. The van der Waals surface area contributed by atoms with Crippen molar-refractivity contribution in [2.75, 3.05) is 11.9 Å². The molecule has 1 aromatic carbocycles. The molecule has 6 heteroatoms. The Kier molecular flexibility index (Phi) is 6.06. The van der Waals surface area contributed by atoms with E-state index in [2.05, 4.69) is 15.6 Å². The second-order valence-corrected chi connectivity index (χ2v) is 7.22. The van der Waals surface area contributed by atoms with Crippen molar-refractivity contribution in [3.05, 3.63) is 64.1 Å². The Balaban J connectivity index is 1.42. The number of carbonyl (C=O) groups excluding carboxylic acids is 2. The van der Waals surface area contributed by atoms with Crippen LogP contribution in [0.2, 0.25) is 0 Å². The number of benzene rings is 1. The first-order valence-electron chi connectivity index (χ1n) is 9.36. The van der Waals surface area contributed by atoms with Crippen LogP contribution in [-0.2, 0) is 4.79 Å². The molecule has 0 unspecified atom stereocenters. The Morgan fingerprint density at radius 3 is 2.37 bits per heavy atom. The van der Waals surface area contributed by atoms with E-state index in [9.17, 15) is 14.4 Å². The Hall–Kier alpha value is -2.89. The van der Waals surface area contributed by atoms with E-state index >= 15 is 0 Å². The highest BCUT2D eigenvalue weighted by atomic mass is 16.2. The molecule has 0 aliphatic heterocycles. The second kappa shape index (κ2) is 8.66. The molecule has 0 bridgehead atoms. The summed E-state index contributed by atoms with van der Waals surface area (Å²) in [6, 6.07) is 10.7. The monoisotopic (exact) mass is 367 g/mol. The van der Waals surface area contributed by atoms with E-state index in [1.54, 1.807) is 0 Å². The normalized spacial score (nSPS) is 19.3. The number of hydrogen-bond donors (Lipinski definition) is 3. The van der Waals surface area contributed by atoms with Crippen molar-refractivity contribution in [3.63, 3.8) is 0 Å². The number of nitrogens with one attached hydrogen (secondary N) is 3. The molecule has 2 amide bonds. The molecule has 27 heavy (non-hydrogen) atoms. The standard InChI is InChI=1S/C21H25N3O3/c1-14-2-9-18(10-3-14)24-21(27)16-6-4-15(5-7-16)12-23-20(26)17-8-11-19(25)22-13-17/h2-3,8-11,13,15-16H,4-7,12H2,1H3,(H,22,25)(H,23,26)(H,24,27). The lowest BCUT2D eigenvalue weighted by atomic mass is 9.81. The van der Waals surface area contributed by atoms with Gasteiger partial charge in [-0.15, -0.1) is 0 Å². The Morgan fingerprint density at radius 1 is 1.04 bits per heavy atom. The van der Waals surface area contributed by atoms with E-state index in [4.69, 9.17) is 0 Å². The van der Waals surface area contributed by atoms with Gasteiger partial charge in [0.2, 0.25) is 11.5 Å². The lowest BCUT2D eigenvalue weighted by molar-refractivity contribution is -0.121. The van der Waals surface area contributed by atoms with Crippen molar-refractivity contribution < 1.29 is 9.59 Å². The number of aromatic amines is 1. The van der Waals surface area contributed by atoms with E-state index in [0.29, 0.717) is 18.0 Å². The summed E-state index contributed by atoms with van der Waals surface area (Å²) in [7, 11) is 0. The summed E-state index contributed by atoms with van der Waals surface area (Å²) in [6.07, 6.45) is 4.91. The molecule has 1 aliphatic carbocycles. The molecule has 0 radical (unpaired) electrons. The van der Waals surface area contributed by atoms with Crippen molar-refractivity contribution >= 4 is 17.5 Å². The molecule has 6 nitrogen and oxygen atoms in total. The molecule has 3 rings (SSSR count). The van der Waals surface area contributed by atoms with Crippen LogP contribution in [0.1, 0.15) is 41.6 Å². The van der Waals surface area contributed by atoms with Crippen LogP contribution in [0.25, 0.3) is 0 Å².